The monoisotopic (exact) mass is 314 g/mol. The Morgan fingerprint density at radius 1 is 1.17 bits per heavy atom. The van der Waals surface area contributed by atoms with Crippen molar-refractivity contribution in [1.82, 2.24) is 9.97 Å². The van der Waals surface area contributed by atoms with Gasteiger partial charge in [-0.1, -0.05) is 25.5 Å². The predicted molar refractivity (Wildman–Crippen MR) is 91.0 cm³/mol. The number of rotatable bonds is 8. The molecule has 0 aliphatic rings. The number of amides is 1. The van der Waals surface area contributed by atoms with Crippen molar-refractivity contribution in [2.45, 2.75) is 26.7 Å². The number of nitrogens with zero attached hydrogens (tertiary/aromatic N) is 2. The minimum Gasteiger partial charge on any atom is -0.492 e. The number of anilines is 2. The Bertz CT molecular complexity index is 629. The van der Waals surface area contributed by atoms with Crippen LogP contribution in [-0.4, -0.2) is 29.0 Å². The predicted octanol–water partition coefficient (Wildman–Crippen LogP) is 3.34. The van der Waals surface area contributed by atoms with Gasteiger partial charge in [-0.15, -0.1) is 0 Å². The van der Waals surface area contributed by atoms with E-state index in [4.69, 9.17) is 4.74 Å². The van der Waals surface area contributed by atoms with Gasteiger partial charge in [0, 0.05) is 6.54 Å². The Kier molecular flexibility index (Phi) is 6.35. The lowest BCUT2D eigenvalue weighted by molar-refractivity contribution is 0.102. The van der Waals surface area contributed by atoms with Crippen molar-refractivity contribution in [3.63, 3.8) is 0 Å². The molecule has 1 aromatic carbocycles. The molecule has 1 heterocycles. The quantitative estimate of drug-likeness (QED) is 0.731. The highest BCUT2D eigenvalue weighted by atomic mass is 16.5. The van der Waals surface area contributed by atoms with Crippen molar-refractivity contribution in [1.29, 1.82) is 0 Å². The third-order valence-corrected chi connectivity index (χ3v) is 3.16. The molecule has 2 N–H and O–H groups in total. The topological polar surface area (TPSA) is 76.1 Å². The highest BCUT2D eigenvalue weighted by Gasteiger charge is 2.11. The van der Waals surface area contributed by atoms with Gasteiger partial charge in [0.15, 0.2) is 0 Å². The van der Waals surface area contributed by atoms with Crippen LogP contribution in [0, 0.1) is 0 Å². The van der Waals surface area contributed by atoms with Crippen LogP contribution >= 0.6 is 0 Å². The molecular formula is C17H22N4O2. The van der Waals surface area contributed by atoms with E-state index in [1.165, 1.54) is 6.20 Å². The van der Waals surface area contributed by atoms with Crippen molar-refractivity contribution in [3.8, 4) is 5.75 Å². The number of hydrogen-bond acceptors (Lipinski definition) is 5. The molecule has 0 spiro atoms. The zero-order chi connectivity index (χ0) is 16.5. The van der Waals surface area contributed by atoms with E-state index in [2.05, 4.69) is 27.5 Å². The number of para-hydroxylation sites is 2. The van der Waals surface area contributed by atoms with Gasteiger partial charge in [0.25, 0.3) is 5.91 Å². The molecule has 0 unspecified atom stereocenters. The van der Waals surface area contributed by atoms with Crippen LogP contribution in [-0.2, 0) is 0 Å². The minimum atomic E-state index is -0.315. The van der Waals surface area contributed by atoms with Crippen LogP contribution in [0.25, 0.3) is 0 Å². The summed E-state index contributed by atoms with van der Waals surface area (Å²) in [5, 5.41) is 5.96. The van der Waals surface area contributed by atoms with Gasteiger partial charge in [-0.3, -0.25) is 4.79 Å². The highest BCUT2D eigenvalue weighted by Crippen LogP contribution is 2.24. The Labute approximate surface area is 136 Å². The van der Waals surface area contributed by atoms with Crippen molar-refractivity contribution < 1.29 is 9.53 Å². The number of carbonyl (C=O) groups is 1. The SMILES string of the molecule is CCCCNc1cnc(C(=O)Nc2ccccc2OCC)cn1. The second-order valence-corrected chi connectivity index (χ2v) is 4.95. The van der Waals surface area contributed by atoms with Crippen LogP contribution < -0.4 is 15.4 Å². The number of nitrogens with one attached hydrogen (secondary N) is 2. The first kappa shape index (κ1) is 16.7. The lowest BCUT2D eigenvalue weighted by Crippen LogP contribution is -2.15. The molecule has 0 saturated heterocycles. The second-order valence-electron chi connectivity index (χ2n) is 4.95. The van der Waals surface area contributed by atoms with Crippen LogP contribution in [0.5, 0.6) is 5.75 Å². The first-order valence-corrected chi connectivity index (χ1v) is 7.83. The average Bonchev–Trinajstić information content (AvgIpc) is 2.58. The molecule has 0 radical (unpaired) electrons. The van der Waals surface area contributed by atoms with Crippen LogP contribution in [0.15, 0.2) is 36.7 Å². The minimum absolute atomic E-state index is 0.261. The summed E-state index contributed by atoms with van der Waals surface area (Å²) in [4.78, 5) is 20.6. The fourth-order valence-corrected chi connectivity index (χ4v) is 1.97. The summed E-state index contributed by atoms with van der Waals surface area (Å²) in [6.07, 6.45) is 5.21. The van der Waals surface area contributed by atoms with E-state index in [1.807, 2.05) is 25.1 Å². The fourth-order valence-electron chi connectivity index (χ4n) is 1.97. The van der Waals surface area contributed by atoms with Gasteiger partial charge in [-0.2, -0.15) is 0 Å². The van der Waals surface area contributed by atoms with E-state index in [9.17, 15) is 4.79 Å². The number of hydrogen-bond donors (Lipinski definition) is 2. The molecule has 0 bridgehead atoms. The van der Waals surface area contributed by atoms with Crippen molar-refractivity contribution in [2.24, 2.45) is 0 Å². The maximum atomic E-state index is 12.3. The van der Waals surface area contributed by atoms with E-state index in [1.54, 1.807) is 12.3 Å². The molecule has 2 rings (SSSR count). The maximum absolute atomic E-state index is 12.3. The highest BCUT2D eigenvalue weighted by molar-refractivity contribution is 6.03. The molecule has 6 nitrogen and oxygen atoms in total. The van der Waals surface area contributed by atoms with Crippen LogP contribution in [0.4, 0.5) is 11.5 Å². The Morgan fingerprint density at radius 3 is 2.70 bits per heavy atom. The first-order valence-electron chi connectivity index (χ1n) is 7.83. The molecule has 6 heteroatoms. The van der Waals surface area contributed by atoms with E-state index in [0.29, 0.717) is 23.9 Å². The number of aromatic nitrogens is 2. The molecule has 0 aliphatic carbocycles. The van der Waals surface area contributed by atoms with Crippen LogP contribution in [0.2, 0.25) is 0 Å². The zero-order valence-corrected chi connectivity index (χ0v) is 13.5. The van der Waals surface area contributed by atoms with E-state index >= 15 is 0 Å². The fraction of sp³-hybridized carbons (Fsp3) is 0.353. The molecule has 23 heavy (non-hydrogen) atoms. The van der Waals surface area contributed by atoms with E-state index in [-0.39, 0.29) is 11.6 Å². The van der Waals surface area contributed by atoms with Gasteiger partial charge in [-0.25, -0.2) is 9.97 Å². The molecule has 0 aliphatic heterocycles. The molecule has 1 amide bonds. The molecule has 0 fully saturated rings. The standard InChI is InChI=1S/C17H22N4O2/c1-3-5-10-18-16-12-19-14(11-20-16)17(22)21-13-8-6-7-9-15(13)23-4-2/h6-9,11-12H,3-5,10H2,1-2H3,(H,18,20)(H,21,22). The Morgan fingerprint density at radius 2 is 2.00 bits per heavy atom. The van der Waals surface area contributed by atoms with Crippen molar-refractivity contribution in [3.05, 3.63) is 42.4 Å². The van der Waals surface area contributed by atoms with Crippen LogP contribution in [0.3, 0.4) is 0 Å². The smallest absolute Gasteiger partial charge is 0.275 e. The van der Waals surface area contributed by atoms with E-state index < -0.39 is 0 Å². The summed E-state index contributed by atoms with van der Waals surface area (Å²) < 4.78 is 5.49. The molecular weight excluding hydrogens is 292 g/mol. The molecule has 0 atom stereocenters. The number of carbonyl (C=O) groups excluding carboxylic acids is 1. The second kappa shape index (κ2) is 8.73. The summed E-state index contributed by atoms with van der Waals surface area (Å²) in [5.41, 5.74) is 0.878. The molecule has 2 aromatic rings. The van der Waals surface area contributed by atoms with E-state index in [0.717, 1.165) is 19.4 Å². The normalized spacial score (nSPS) is 10.2. The number of benzene rings is 1. The zero-order valence-electron chi connectivity index (χ0n) is 13.5. The largest absolute Gasteiger partial charge is 0.492 e. The molecule has 122 valence electrons. The van der Waals surface area contributed by atoms with Gasteiger partial charge >= 0.3 is 0 Å². The number of unbranched alkanes of at least 4 members (excludes halogenated alkanes) is 1. The summed E-state index contributed by atoms with van der Waals surface area (Å²) in [6, 6.07) is 7.30. The summed E-state index contributed by atoms with van der Waals surface area (Å²) in [5.74, 6) is 0.989. The summed E-state index contributed by atoms with van der Waals surface area (Å²) in [6.45, 7) is 5.40. The summed E-state index contributed by atoms with van der Waals surface area (Å²) >= 11 is 0. The van der Waals surface area contributed by atoms with Crippen molar-refractivity contribution in [2.75, 3.05) is 23.8 Å². The van der Waals surface area contributed by atoms with Crippen LogP contribution in [0.1, 0.15) is 37.2 Å². The van der Waals surface area contributed by atoms with Gasteiger partial charge in [-0.05, 0) is 25.5 Å². The van der Waals surface area contributed by atoms with Gasteiger partial charge in [0.2, 0.25) is 0 Å². The maximum Gasteiger partial charge on any atom is 0.275 e. The van der Waals surface area contributed by atoms with Gasteiger partial charge in [0.05, 0.1) is 24.7 Å². The number of ether oxygens (including phenoxy) is 1. The molecule has 0 saturated carbocycles. The first-order chi connectivity index (χ1) is 11.2. The lowest BCUT2D eigenvalue weighted by Gasteiger charge is -2.11. The third-order valence-electron chi connectivity index (χ3n) is 3.16. The summed E-state index contributed by atoms with van der Waals surface area (Å²) in [7, 11) is 0. The third kappa shape index (κ3) is 4.95. The van der Waals surface area contributed by atoms with Gasteiger partial charge < -0.3 is 15.4 Å². The van der Waals surface area contributed by atoms with Gasteiger partial charge in [0.1, 0.15) is 17.3 Å². The average molecular weight is 314 g/mol. The Hall–Kier alpha value is -2.63. The lowest BCUT2D eigenvalue weighted by atomic mass is 10.3. The Balaban J connectivity index is 2.00. The molecule has 1 aromatic heterocycles. The van der Waals surface area contributed by atoms with Crippen molar-refractivity contribution >= 4 is 17.4 Å².